The highest BCUT2D eigenvalue weighted by Crippen LogP contribution is 2.18. The van der Waals surface area contributed by atoms with Crippen LogP contribution in [0.1, 0.15) is 13.3 Å². The van der Waals surface area contributed by atoms with Crippen LogP contribution in [-0.4, -0.2) is 42.4 Å². The molecule has 3 N–H and O–H groups in total. The van der Waals surface area contributed by atoms with Crippen LogP contribution in [0.3, 0.4) is 0 Å². The molecule has 1 fully saturated rings. The SMILES string of the molecule is CCNC(=O)NC1(C(=O)O)CCOC1. The molecule has 1 aliphatic heterocycles. The highest BCUT2D eigenvalue weighted by molar-refractivity contribution is 5.86. The largest absolute Gasteiger partial charge is 0.479 e. The number of carboxylic acids is 1. The van der Waals surface area contributed by atoms with Crippen LogP contribution in [0.4, 0.5) is 4.79 Å². The van der Waals surface area contributed by atoms with E-state index in [1.165, 1.54) is 0 Å². The van der Waals surface area contributed by atoms with Crippen molar-refractivity contribution in [3.63, 3.8) is 0 Å². The fourth-order valence-corrected chi connectivity index (χ4v) is 1.31. The number of carboxylic acid groups (broad SMARTS) is 1. The summed E-state index contributed by atoms with van der Waals surface area (Å²) >= 11 is 0. The molecule has 1 aliphatic rings. The fraction of sp³-hybridized carbons (Fsp3) is 0.750. The summed E-state index contributed by atoms with van der Waals surface area (Å²) in [5.74, 6) is -1.05. The van der Waals surface area contributed by atoms with Crippen LogP contribution >= 0.6 is 0 Å². The van der Waals surface area contributed by atoms with Gasteiger partial charge in [0.2, 0.25) is 0 Å². The van der Waals surface area contributed by atoms with E-state index in [2.05, 4.69) is 10.6 Å². The maximum atomic E-state index is 11.2. The first-order valence-corrected chi connectivity index (χ1v) is 4.48. The third-order valence-corrected chi connectivity index (χ3v) is 2.12. The summed E-state index contributed by atoms with van der Waals surface area (Å²) in [6.07, 6.45) is 0.305. The maximum absolute atomic E-state index is 11.2. The zero-order valence-electron chi connectivity index (χ0n) is 8.00. The minimum atomic E-state index is -1.25. The maximum Gasteiger partial charge on any atom is 0.332 e. The van der Waals surface area contributed by atoms with Crippen molar-refractivity contribution < 1.29 is 19.4 Å². The Balaban J connectivity index is 2.60. The van der Waals surface area contributed by atoms with E-state index in [1.54, 1.807) is 6.92 Å². The molecule has 1 rings (SSSR count). The molecule has 1 unspecified atom stereocenters. The van der Waals surface area contributed by atoms with Gasteiger partial charge in [-0.25, -0.2) is 9.59 Å². The van der Waals surface area contributed by atoms with Crippen molar-refractivity contribution in [1.29, 1.82) is 0 Å². The first-order chi connectivity index (χ1) is 6.60. The van der Waals surface area contributed by atoms with Crippen molar-refractivity contribution in [2.75, 3.05) is 19.8 Å². The van der Waals surface area contributed by atoms with Gasteiger partial charge in [0.05, 0.1) is 6.61 Å². The minimum Gasteiger partial charge on any atom is -0.479 e. The second-order valence-corrected chi connectivity index (χ2v) is 3.17. The summed E-state index contributed by atoms with van der Waals surface area (Å²) in [6.45, 7) is 2.61. The number of urea groups is 1. The van der Waals surface area contributed by atoms with Crippen LogP contribution in [0, 0.1) is 0 Å². The lowest BCUT2D eigenvalue weighted by molar-refractivity contribution is -0.144. The monoisotopic (exact) mass is 202 g/mol. The summed E-state index contributed by atoms with van der Waals surface area (Å²) in [6, 6.07) is -0.472. The second-order valence-electron chi connectivity index (χ2n) is 3.17. The molecule has 1 saturated heterocycles. The third kappa shape index (κ3) is 2.14. The van der Waals surface area contributed by atoms with Crippen molar-refractivity contribution >= 4 is 12.0 Å². The molecule has 0 aromatic rings. The van der Waals surface area contributed by atoms with Crippen molar-refractivity contribution in [2.45, 2.75) is 18.9 Å². The molecule has 14 heavy (non-hydrogen) atoms. The van der Waals surface area contributed by atoms with E-state index in [0.717, 1.165) is 0 Å². The average molecular weight is 202 g/mol. The highest BCUT2D eigenvalue weighted by Gasteiger charge is 2.43. The first kappa shape index (κ1) is 10.8. The Bertz CT molecular complexity index is 235. The van der Waals surface area contributed by atoms with Gasteiger partial charge >= 0.3 is 12.0 Å². The lowest BCUT2D eigenvalue weighted by atomic mass is 9.99. The van der Waals surface area contributed by atoms with Crippen LogP contribution < -0.4 is 10.6 Å². The molecule has 1 heterocycles. The Hall–Kier alpha value is -1.30. The average Bonchev–Trinajstić information content (AvgIpc) is 2.54. The van der Waals surface area contributed by atoms with E-state index in [-0.39, 0.29) is 6.61 Å². The molecule has 0 aromatic heterocycles. The van der Waals surface area contributed by atoms with Crippen LogP contribution in [0.5, 0.6) is 0 Å². The number of carbonyl (C=O) groups excluding carboxylic acids is 1. The van der Waals surface area contributed by atoms with Crippen molar-refractivity contribution in [2.24, 2.45) is 0 Å². The lowest BCUT2D eigenvalue weighted by Gasteiger charge is -2.23. The van der Waals surface area contributed by atoms with Crippen molar-refractivity contribution in [3.8, 4) is 0 Å². The van der Waals surface area contributed by atoms with Gasteiger partial charge in [0, 0.05) is 19.6 Å². The van der Waals surface area contributed by atoms with E-state index in [0.29, 0.717) is 19.6 Å². The van der Waals surface area contributed by atoms with E-state index < -0.39 is 17.5 Å². The summed E-state index contributed by atoms with van der Waals surface area (Å²) in [5, 5.41) is 13.9. The van der Waals surface area contributed by atoms with Crippen molar-refractivity contribution in [3.05, 3.63) is 0 Å². The lowest BCUT2D eigenvalue weighted by Crippen LogP contribution is -2.57. The molecule has 1 atom stereocenters. The predicted octanol–water partition coefficient (Wildman–Crippen LogP) is -0.451. The van der Waals surface area contributed by atoms with Gasteiger partial charge < -0.3 is 20.5 Å². The van der Waals surface area contributed by atoms with Gasteiger partial charge in [-0.1, -0.05) is 0 Å². The molecule has 0 spiro atoms. The van der Waals surface area contributed by atoms with Crippen LogP contribution in [0.25, 0.3) is 0 Å². The van der Waals surface area contributed by atoms with Crippen LogP contribution in [0.15, 0.2) is 0 Å². The summed E-state index contributed by atoms with van der Waals surface area (Å²) in [7, 11) is 0. The smallest absolute Gasteiger partial charge is 0.332 e. The Kier molecular flexibility index (Phi) is 3.29. The quantitative estimate of drug-likeness (QED) is 0.578. The molecule has 0 saturated carbocycles. The van der Waals surface area contributed by atoms with Gasteiger partial charge in [0.25, 0.3) is 0 Å². The number of aliphatic carboxylic acids is 1. The number of carbonyl (C=O) groups is 2. The first-order valence-electron chi connectivity index (χ1n) is 4.48. The minimum absolute atomic E-state index is 0.0272. The molecule has 6 nitrogen and oxygen atoms in total. The summed E-state index contributed by atoms with van der Waals surface area (Å²) in [5.41, 5.74) is -1.25. The van der Waals surface area contributed by atoms with E-state index in [4.69, 9.17) is 9.84 Å². The van der Waals surface area contributed by atoms with Gasteiger partial charge in [-0.15, -0.1) is 0 Å². The number of ether oxygens (including phenoxy) is 1. The van der Waals surface area contributed by atoms with Gasteiger partial charge in [0.15, 0.2) is 5.54 Å². The van der Waals surface area contributed by atoms with Gasteiger partial charge in [-0.05, 0) is 6.92 Å². The number of rotatable bonds is 3. The molecule has 6 heteroatoms. The molecule has 0 aliphatic carbocycles. The van der Waals surface area contributed by atoms with E-state index in [9.17, 15) is 9.59 Å². The zero-order valence-corrected chi connectivity index (χ0v) is 8.00. The fourth-order valence-electron chi connectivity index (χ4n) is 1.31. The molecular weight excluding hydrogens is 188 g/mol. The predicted molar refractivity (Wildman–Crippen MR) is 48.0 cm³/mol. The number of hydrogen-bond donors (Lipinski definition) is 3. The number of nitrogens with one attached hydrogen (secondary N) is 2. The van der Waals surface area contributed by atoms with Crippen LogP contribution in [-0.2, 0) is 9.53 Å². The molecule has 80 valence electrons. The third-order valence-electron chi connectivity index (χ3n) is 2.12. The van der Waals surface area contributed by atoms with Gasteiger partial charge in [0.1, 0.15) is 0 Å². The second kappa shape index (κ2) is 4.28. The Morgan fingerprint density at radius 1 is 1.57 bits per heavy atom. The zero-order chi connectivity index (χ0) is 10.6. The van der Waals surface area contributed by atoms with Gasteiger partial charge in [-0.3, -0.25) is 0 Å². The normalized spacial score (nSPS) is 25.8. The highest BCUT2D eigenvalue weighted by atomic mass is 16.5. The van der Waals surface area contributed by atoms with Crippen LogP contribution in [0.2, 0.25) is 0 Å². The number of amides is 2. The Labute approximate surface area is 81.6 Å². The Morgan fingerprint density at radius 2 is 2.29 bits per heavy atom. The molecule has 0 radical (unpaired) electrons. The molecule has 0 bridgehead atoms. The van der Waals surface area contributed by atoms with Gasteiger partial charge in [-0.2, -0.15) is 0 Å². The van der Waals surface area contributed by atoms with E-state index >= 15 is 0 Å². The molecular formula is C8H14N2O4. The molecule has 2 amide bonds. The van der Waals surface area contributed by atoms with E-state index in [1.807, 2.05) is 0 Å². The standard InChI is InChI=1S/C8H14N2O4/c1-2-9-7(13)10-8(6(11)12)3-4-14-5-8/h2-5H2,1H3,(H,11,12)(H2,9,10,13). The number of hydrogen-bond acceptors (Lipinski definition) is 3. The summed E-state index contributed by atoms with van der Waals surface area (Å²) < 4.78 is 4.98. The van der Waals surface area contributed by atoms with Crippen molar-refractivity contribution in [1.82, 2.24) is 10.6 Å². The topological polar surface area (TPSA) is 87.7 Å². The Morgan fingerprint density at radius 3 is 2.71 bits per heavy atom. The molecule has 0 aromatic carbocycles. The summed E-state index contributed by atoms with van der Waals surface area (Å²) in [4.78, 5) is 22.1.